The second kappa shape index (κ2) is 15.9. The summed E-state index contributed by atoms with van der Waals surface area (Å²) in [5.41, 5.74) is -1.65. The molecule has 2 saturated carbocycles. The number of methoxy groups -OCH3 is 1. The Morgan fingerprint density at radius 2 is 1.70 bits per heavy atom. The van der Waals surface area contributed by atoms with Gasteiger partial charge in [0.2, 0.25) is 21.8 Å². The van der Waals surface area contributed by atoms with Gasteiger partial charge in [0.05, 0.1) is 29.6 Å². The first-order valence-electron chi connectivity index (χ1n) is 20.6. The number of amides is 4. The molecule has 61 heavy (non-hydrogen) atoms. The smallest absolute Gasteiger partial charge is 0.408 e. The number of nitrogens with zero attached hydrogens (tertiary/aromatic N) is 3. The van der Waals surface area contributed by atoms with Crippen LogP contribution in [0.3, 0.4) is 0 Å². The van der Waals surface area contributed by atoms with Crippen LogP contribution < -0.4 is 24.8 Å². The SMILES string of the molecule is C=C[C@@H]1C[C@]1(NC(=O)[C@@H]1C[C@@](C)(Oc2cc(-c3nc(C(C)C)cs3)nc3c(C)c(OC)ccc23)CN1C(=O)[C@H](NC(=O)OC(C)(C)C)C(C)(C)C)C(=O)NS(=O)(=O)C1(C)CC1. The van der Waals surface area contributed by atoms with Gasteiger partial charge in [-0.3, -0.25) is 19.1 Å². The number of thiazole rings is 1. The van der Waals surface area contributed by atoms with Crippen LogP contribution in [0.1, 0.15) is 112 Å². The van der Waals surface area contributed by atoms with Gasteiger partial charge in [0, 0.05) is 34.7 Å². The van der Waals surface area contributed by atoms with Crippen LogP contribution in [0.15, 0.2) is 36.2 Å². The number of benzene rings is 1. The highest BCUT2D eigenvalue weighted by Crippen LogP contribution is 2.48. The number of hydrogen-bond donors (Lipinski definition) is 3. The molecule has 3 aromatic rings. The van der Waals surface area contributed by atoms with Crippen molar-refractivity contribution in [2.45, 2.75) is 141 Å². The molecule has 0 spiro atoms. The molecule has 15 nitrogen and oxygen atoms in total. The molecule has 3 heterocycles. The van der Waals surface area contributed by atoms with E-state index in [1.807, 2.05) is 30.5 Å². The third kappa shape index (κ3) is 9.23. The second-order valence-electron chi connectivity index (χ2n) is 19.6. The molecule has 1 aromatic carbocycles. The van der Waals surface area contributed by atoms with Crippen LogP contribution >= 0.6 is 11.3 Å². The van der Waals surface area contributed by atoms with Crippen molar-refractivity contribution in [3.63, 3.8) is 0 Å². The van der Waals surface area contributed by atoms with Crippen molar-refractivity contribution in [3.8, 4) is 22.2 Å². The Morgan fingerprint density at radius 3 is 2.25 bits per heavy atom. The molecule has 3 aliphatic rings. The molecular weight excluding hydrogens is 821 g/mol. The Bertz CT molecular complexity index is 2380. The van der Waals surface area contributed by atoms with Gasteiger partial charge in [-0.2, -0.15) is 0 Å². The molecule has 17 heteroatoms. The van der Waals surface area contributed by atoms with Crippen LogP contribution in [0, 0.1) is 18.3 Å². The van der Waals surface area contributed by atoms with Crippen LogP contribution in [0.2, 0.25) is 0 Å². The van der Waals surface area contributed by atoms with Gasteiger partial charge in [0.15, 0.2) is 0 Å². The van der Waals surface area contributed by atoms with Crippen LogP contribution in [-0.4, -0.2) is 94.3 Å². The molecule has 2 aliphatic carbocycles. The molecule has 6 rings (SSSR count). The summed E-state index contributed by atoms with van der Waals surface area (Å²) in [5, 5.41) is 8.96. The van der Waals surface area contributed by atoms with E-state index in [1.54, 1.807) is 62.5 Å². The van der Waals surface area contributed by atoms with Gasteiger partial charge in [0.25, 0.3) is 5.91 Å². The van der Waals surface area contributed by atoms with Crippen LogP contribution in [0.25, 0.3) is 21.6 Å². The van der Waals surface area contributed by atoms with E-state index in [2.05, 4.69) is 35.8 Å². The lowest BCUT2D eigenvalue weighted by Gasteiger charge is -2.36. The molecule has 1 saturated heterocycles. The van der Waals surface area contributed by atoms with Gasteiger partial charge in [-0.25, -0.2) is 23.2 Å². The monoisotopic (exact) mass is 880 g/mol. The van der Waals surface area contributed by atoms with Crippen molar-refractivity contribution in [1.29, 1.82) is 0 Å². The fourth-order valence-corrected chi connectivity index (χ4v) is 9.93. The molecule has 4 amide bonds. The first kappa shape index (κ1) is 45.7. The van der Waals surface area contributed by atoms with E-state index in [4.69, 9.17) is 24.2 Å². The molecule has 3 N–H and O–H groups in total. The number of hydrogen-bond acceptors (Lipinski definition) is 12. The highest BCUT2D eigenvalue weighted by atomic mass is 32.2. The van der Waals surface area contributed by atoms with Crippen molar-refractivity contribution >= 4 is 56.1 Å². The predicted octanol–water partition coefficient (Wildman–Crippen LogP) is 6.54. The number of aryl methyl sites for hydroxylation is 1. The van der Waals surface area contributed by atoms with Crippen molar-refractivity contribution in [3.05, 3.63) is 47.5 Å². The van der Waals surface area contributed by atoms with E-state index in [-0.39, 0.29) is 25.3 Å². The summed E-state index contributed by atoms with van der Waals surface area (Å²) >= 11 is 1.46. The maximum absolute atomic E-state index is 14.9. The minimum absolute atomic E-state index is 0.0380. The lowest BCUT2D eigenvalue weighted by atomic mass is 9.85. The lowest BCUT2D eigenvalue weighted by Crippen LogP contribution is -2.60. The van der Waals surface area contributed by atoms with Gasteiger partial charge in [0.1, 0.15) is 51.0 Å². The number of fused-ring (bicyclic) bond motifs is 1. The summed E-state index contributed by atoms with van der Waals surface area (Å²) in [6, 6.07) is 3.10. The summed E-state index contributed by atoms with van der Waals surface area (Å²) in [4.78, 5) is 68.0. The molecule has 2 aromatic heterocycles. The number of carbonyl (C=O) groups excluding carboxylic acids is 4. The minimum atomic E-state index is -4.04. The molecule has 3 fully saturated rings. The number of carbonyl (C=O) groups is 4. The van der Waals surface area contributed by atoms with E-state index < -0.39 is 78.7 Å². The summed E-state index contributed by atoms with van der Waals surface area (Å²) < 4.78 is 45.7. The van der Waals surface area contributed by atoms with Crippen LogP contribution in [0.4, 0.5) is 4.79 Å². The molecular formula is C44H60N6O9S2. The lowest BCUT2D eigenvalue weighted by molar-refractivity contribution is -0.143. The Labute approximate surface area is 362 Å². The van der Waals surface area contributed by atoms with E-state index in [9.17, 15) is 27.6 Å². The fraction of sp³-hybridized carbons (Fsp3) is 0.591. The molecule has 1 aliphatic heterocycles. The average molecular weight is 881 g/mol. The summed E-state index contributed by atoms with van der Waals surface area (Å²) in [6.45, 7) is 23.6. The van der Waals surface area contributed by atoms with Crippen molar-refractivity contribution in [2.75, 3.05) is 13.7 Å². The number of rotatable bonds is 13. The third-order valence-corrected chi connectivity index (χ3v) is 14.8. The Balaban J connectivity index is 1.40. The number of nitrogens with one attached hydrogen (secondary N) is 3. The van der Waals surface area contributed by atoms with Gasteiger partial charge >= 0.3 is 6.09 Å². The number of aromatic nitrogens is 2. The molecule has 332 valence electrons. The number of likely N-dealkylation sites (tertiary alicyclic amines) is 1. The molecule has 0 unspecified atom stereocenters. The van der Waals surface area contributed by atoms with E-state index in [0.717, 1.165) is 11.3 Å². The Hall–Kier alpha value is -4.77. The summed E-state index contributed by atoms with van der Waals surface area (Å²) in [6.07, 6.45) is 1.60. The van der Waals surface area contributed by atoms with Crippen molar-refractivity contribution in [2.24, 2.45) is 11.3 Å². The second-order valence-corrected chi connectivity index (χ2v) is 22.7. The fourth-order valence-electron chi connectivity index (χ4n) is 7.68. The highest BCUT2D eigenvalue weighted by Gasteiger charge is 2.63. The zero-order chi connectivity index (χ0) is 45.2. The van der Waals surface area contributed by atoms with Crippen LogP contribution in [-0.2, 0) is 29.1 Å². The molecule has 5 atom stereocenters. The van der Waals surface area contributed by atoms with E-state index in [0.29, 0.717) is 45.9 Å². The van der Waals surface area contributed by atoms with Gasteiger partial charge in [-0.1, -0.05) is 40.7 Å². The normalized spacial score (nSPS) is 23.9. The van der Waals surface area contributed by atoms with E-state index >= 15 is 0 Å². The standard InChI is InChI=1S/C44H60N6O9S2/c1-14-26-20-44(26,38(53)49-61(55,56)43(12)17-18-43)48-35(51)30-21-42(11,23-50(30)37(52)34(40(5,6)7)47-39(54)59-41(8,9)10)58-32-19-28(36-46-29(22-60-36)24(2)3)45-33-25(4)31(57-13)16-15-27(32)33/h14-16,19,22,24,26,30,34H,1,17-18,20-21,23H2,2-13H3,(H,47,54)(H,48,51)(H,49,53)/t26-,30+,34+,42-,44-/m1/s1. The van der Waals surface area contributed by atoms with Crippen molar-refractivity contribution in [1.82, 2.24) is 30.2 Å². The third-order valence-electron chi connectivity index (χ3n) is 11.8. The average Bonchev–Trinajstić information content (AvgIpc) is 3.96. The minimum Gasteiger partial charge on any atom is -0.496 e. The number of ether oxygens (including phenoxy) is 3. The van der Waals surface area contributed by atoms with E-state index in [1.165, 1.54) is 22.3 Å². The van der Waals surface area contributed by atoms with Gasteiger partial charge < -0.3 is 29.7 Å². The molecule has 0 radical (unpaired) electrons. The van der Waals surface area contributed by atoms with Crippen LogP contribution in [0.5, 0.6) is 11.5 Å². The van der Waals surface area contributed by atoms with Crippen molar-refractivity contribution < 1.29 is 41.8 Å². The molecule has 0 bridgehead atoms. The maximum atomic E-state index is 14.9. The number of alkyl carbamates (subject to hydrolysis) is 1. The zero-order valence-corrected chi connectivity index (χ0v) is 38.9. The predicted molar refractivity (Wildman–Crippen MR) is 234 cm³/mol. The first-order chi connectivity index (χ1) is 28.2. The Morgan fingerprint density at radius 1 is 1.03 bits per heavy atom. The quantitative estimate of drug-likeness (QED) is 0.158. The number of pyridine rings is 1. The Kier molecular flexibility index (Phi) is 11.9. The topological polar surface area (TPSA) is 195 Å². The largest absolute Gasteiger partial charge is 0.496 e. The highest BCUT2D eigenvalue weighted by molar-refractivity contribution is 7.91. The number of sulfonamides is 1. The van der Waals surface area contributed by atoms with Gasteiger partial charge in [-0.15, -0.1) is 17.9 Å². The summed E-state index contributed by atoms with van der Waals surface area (Å²) in [7, 11) is -2.45. The summed E-state index contributed by atoms with van der Waals surface area (Å²) in [5.74, 6) is -1.43. The van der Waals surface area contributed by atoms with Gasteiger partial charge in [-0.05, 0) is 84.3 Å². The zero-order valence-electron chi connectivity index (χ0n) is 37.3. The maximum Gasteiger partial charge on any atom is 0.408 e. The first-order valence-corrected chi connectivity index (χ1v) is 23.0.